The van der Waals surface area contributed by atoms with Gasteiger partial charge in [-0.2, -0.15) is 0 Å². The van der Waals surface area contributed by atoms with Crippen LogP contribution in [0.3, 0.4) is 0 Å². The predicted molar refractivity (Wildman–Crippen MR) is 54.9 cm³/mol. The van der Waals surface area contributed by atoms with Gasteiger partial charge in [-0.15, -0.1) is 0 Å². The van der Waals surface area contributed by atoms with Gasteiger partial charge in [-0.1, -0.05) is 12.1 Å². The first-order valence-electron chi connectivity index (χ1n) is 4.71. The van der Waals surface area contributed by atoms with Crippen molar-refractivity contribution in [3.63, 3.8) is 0 Å². The van der Waals surface area contributed by atoms with Crippen molar-refractivity contribution in [2.24, 2.45) is 0 Å². The van der Waals surface area contributed by atoms with Gasteiger partial charge < -0.3 is 9.52 Å². The van der Waals surface area contributed by atoms with E-state index >= 15 is 0 Å². The van der Waals surface area contributed by atoms with E-state index in [1.54, 1.807) is 12.1 Å². The van der Waals surface area contributed by atoms with E-state index < -0.39 is 5.97 Å². The lowest BCUT2D eigenvalue weighted by Crippen LogP contribution is -1.99. The zero-order valence-corrected chi connectivity index (χ0v) is 8.31. The largest absolute Gasteiger partial charge is 0.478 e. The second-order valence-electron chi connectivity index (χ2n) is 3.37. The molecule has 0 spiro atoms. The second-order valence-corrected chi connectivity index (χ2v) is 3.37. The molecule has 0 saturated heterocycles. The van der Waals surface area contributed by atoms with E-state index in [1.807, 2.05) is 0 Å². The fourth-order valence-corrected chi connectivity index (χ4v) is 1.46. The van der Waals surface area contributed by atoms with E-state index in [4.69, 9.17) is 9.52 Å². The van der Waals surface area contributed by atoms with Gasteiger partial charge in [-0.05, 0) is 23.8 Å². The monoisotopic (exact) mass is 220 g/mol. The van der Waals surface area contributed by atoms with Crippen molar-refractivity contribution in [3.05, 3.63) is 59.3 Å². The Hall–Kier alpha value is -2.10. The minimum atomic E-state index is -1.02. The predicted octanol–water partition coefficient (Wildman–Crippen LogP) is 2.71. The van der Waals surface area contributed by atoms with E-state index in [-0.39, 0.29) is 11.4 Å². The molecule has 0 aliphatic carbocycles. The first-order chi connectivity index (χ1) is 7.66. The van der Waals surface area contributed by atoms with Crippen molar-refractivity contribution in [1.29, 1.82) is 0 Å². The molecule has 2 rings (SSSR count). The van der Waals surface area contributed by atoms with Gasteiger partial charge in [0.1, 0.15) is 17.1 Å². The molecular formula is C12H9FO3. The molecule has 82 valence electrons. The van der Waals surface area contributed by atoms with Crippen LogP contribution in [0.1, 0.15) is 21.7 Å². The molecule has 16 heavy (non-hydrogen) atoms. The van der Waals surface area contributed by atoms with Crippen LogP contribution in [-0.4, -0.2) is 11.1 Å². The number of furan rings is 1. The summed E-state index contributed by atoms with van der Waals surface area (Å²) in [5.41, 5.74) is 0.947. The Balaban J connectivity index is 2.23. The zero-order chi connectivity index (χ0) is 11.5. The molecule has 0 amide bonds. The van der Waals surface area contributed by atoms with Crippen molar-refractivity contribution in [1.82, 2.24) is 0 Å². The van der Waals surface area contributed by atoms with Gasteiger partial charge in [0.05, 0.1) is 6.26 Å². The van der Waals surface area contributed by atoms with Gasteiger partial charge in [-0.3, -0.25) is 0 Å². The standard InChI is InChI=1S/C12H9FO3/c13-9-3-1-8(2-4-9)7-11-10(12(14)15)5-6-16-11/h1-6H,7H2,(H,14,15). The number of hydrogen-bond acceptors (Lipinski definition) is 2. The van der Waals surface area contributed by atoms with Gasteiger partial charge in [-0.25, -0.2) is 9.18 Å². The average Bonchev–Trinajstić information content (AvgIpc) is 2.69. The number of benzene rings is 1. The van der Waals surface area contributed by atoms with Crippen LogP contribution in [0.4, 0.5) is 4.39 Å². The lowest BCUT2D eigenvalue weighted by molar-refractivity contribution is 0.0694. The SMILES string of the molecule is O=C(O)c1ccoc1Cc1ccc(F)cc1. The molecule has 0 atom stereocenters. The Kier molecular flexibility index (Phi) is 2.72. The third-order valence-electron chi connectivity index (χ3n) is 2.25. The van der Waals surface area contributed by atoms with E-state index in [0.717, 1.165) is 5.56 Å². The Morgan fingerprint density at radius 1 is 1.25 bits per heavy atom. The van der Waals surface area contributed by atoms with Crippen molar-refractivity contribution in [2.75, 3.05) is 0 Å². The Labute approximate surface area is 91.1 Å². The van der Waals surface area contributed by atoms with E-state index in [0.29, 0.717) is 12.2 Å². The molecule has 2 aromatic rings. The fourth-order valence-electron chi connectivity index (χ4n) is 1.46. The Bertz CT molecular complexity index is 499. The Morgan fingerprint density at radius 3 is 2.56 bits per heavy atom. The maximum absolute atomic E-state index is 12.7. The number of carboxylic acids is 1. The molecule has 0 aliphatic rings. The molecule has 0 bridgehead atoms. The number of halogens is 1. The second kappa shape index (κ2) is 4.18. The summed E-state index contributed by atoms with van der Waals surface area (Å²) in [6, 6.07) is 7.27. The molecule has 0 radical (unpaired) electrons. The molecule has 0 saturated carbocycles. The summed E-state index contributed by atoms with van der Waals surface area (Å²) < 4.78 is 17.7. The lowest BCUT2D eigenvalue weighted by Gasteiger charge is -1.99. The summed E-state index contributed by atoms with van der Waals surface area (Å²) in [5.74, 6) is -0.966. The highest BCUT2D eigenvalue weighted by Gasteiger charge is 2.13. The molecule has 1 aromatic heterocycles. The van der Waals surface area contributed by atoms with Gasteiger partial charge in [0.2, 0.25) is 0 Å². The number of carbonyl (C=O) groups is 1. The van der Waals surface area contributed by atoms with Gasteiger partial charge in [0.15, 0.2) is 0 Å². The summed E-state index contributed by atoms with van der Waals surface area (Å²) in [6.07, 6.45) is 1.68. The van der Waals surface area contributed by atoms with Gasteiger partial charge in [0.25, 0.3) is 0 Å². The minimum absolute atomic E-state index is 0.143. The van der Waals surface area contributed by atoms with Crippen molar-refractivity contribution < 1.29 is 18.7 Å². The molecule has 1 N–H and O–H groups in total. The fraction of sp³-hybridized carbons (Fsp3) is 0.0833. The third kappa shape index (κ3) is 2.11. The Morgan fingerprint density at radius 2 is 1.94 bits per heavy atom. The van der Waals surface area contributed by atoms with E-state index in [1.165, 1.54) is 24.5 Å². The van der Waals surface area contributed by atoms with E-state index in [2.05, 4.69) is 0 Å². The molecule has 4 heteroatoms. The first-order valence-corrected chi connectivity index (χ1v) is 4.71. The molecule has 3 nitrogen and oxygen atoms in total. The van der Waals surface area contributed by atoms with E-state index in [9.17, 15) is 9.18 Å². The zero-order valence-electron chi connectivity index (χ0n) is 8.31. The lowest BCUT2D eigenvalue weighted by atomic mass is 10.1. The normalized spacial score (nSPS) is 10.3. The molecule has 0 fully saturated rings. The highest BCUT2D eigenvalue weighted by molar-refractivity contribution is 5.88. The van der Waals surface area contributed by atoms with Crippen LogP contribution in [-0.2, 0) is 6.42 Å². The van der Waals surface area contributed by atoms with Gasteiger partial charge in [0, 0.05) is 6.42 Å². The summed E-state index contributed by atoms with van der Waals surface area (Å²) >= 11 is 0. The molecule has 0 aliphatic heterocycles. The average molecular weight is 220 g/mol. The summed E-state index contributed by atoms with van der Waals surface area (Å²) in [6.45, 7) is 0. The number of carboxylic acid groups (broad SMARTS) is 1. The van der Waals surface area contributed by atoms with Crippen LogP contribution in [0.2, 0.25) is 0 Å². The highest BCUT2D eigenvalue weighted by atomic mass is 19.1. The topological polar surface area (TPSA) is 50.4 Å². The molecule has 1 heterocycles. The van der Waals surface area contributed by atoms with Crippen LogP contribution in [0.25, 0.3) is 0 Å². The maximum Gasteiger partial charge on any atom is 0.339 e. The quantitative estimate of drug-likeness (QED) is 0.865. The third-order valence-corrected chi connectivity index (χ3v) is 2.25. The highest BCUT2D eigenvalue weighted by Crippen LogP contribution is 2.16. The first kappa shape index (κ1) is 10.4. The summed E-state index contributed by atoms with van der Waals surface area (Å²) in [7, 11) is 0. The van der Waals surface area contributed by atoms with Crippen LogP contribution < -0.4 is 0 Å². The number of aromatic carboxylic acids is 1. The smallest absolute Gasteiger partial charge is 0.339 e. The molecule has 0 unspecified atom stereocenters. The van der Waals surface area contributed by atoms with Gasteiger partial charge >= 0.3 is 5.97 Å². The minimum Gasteiger partial charge on any atom is -0.478 e. The number of hydrogen-bond donors (Lipinski definition) is 1. The molecule has 1 aromatic carbocycles. The van der Waals surface area contributed by atoms with Crippen molar-refractivity contribution in [3.8, 4) is 0 Å². The van der Waals surface area contributed by atoms with Crippen LogP contribution in [0, 0.1) is 5.82 Å². The summed E-state index contributed by atoms with van der Waals surface area (Å²) in [4.78, 5) is 10.8. The van der Waals surface area contributed by atoms with Crippen LogP contribution in [0.5, 0.6) is 0 Å². The maximum atomic E-state index is 12.7. The van der Waals surface area contributed by atoms with Crippen molar-refractivity contribution >= 4 is 5.97 Å². The summed E-state index contributed by atoms with van der Waals surface area (Å²) in [5, 5.41) is 8.86. The molecular weight excluding hydrogens is 211 g/mol. The number of rotatable bonds is 3. The van der Waals surface area contributed by atoms with Crippen LogP contribution in [0.15, 0.2) is 41.0 Å². The van der Waals surface area contributed by atoms with Crippen molar-refractivity contribution in [2.45, 2.75) is 6.42 Å². The van der Waals surface area contributed by atoms with Crippen LogP contribution >= 0.6 is 0 Å².